The smallest absolute Gasteiger partial charge is 0.224 e. The van der Waals surface area contributed by atoms with Crippen molar-refractivity contribution in [2.24, 2.45) is 5.92 Å². The van der Waals surface area contributed by atoms with Gasteiger partial charge in [-0.15, -0.1) is 12.4 Å². The molecule has 1 heterocycles. The summed E-state index contributed by atoms with van der Waals surface area (Å²) in [6.07, 6.45) is 0.161. The number of nitrogens with one attached hydrogen (secondary N) is 2. The van der Waals surface area contributed by atoms with Crippen molar-refractivity contribution in [1.82, 2.24) is 10.6 Å². The van der Waals surface area contributed by atoms with Crippen molar-refractivity contribution >= 4 is 40.9 Å². The lowest BCUT2D eigenvalue weighted by molar-refractivity contribution is -0.124. The van der Waals surface area contributed by atoms with Gasteiger partial charge in [0.2, 0.25) is 5.91 Å². The number of benzene rings is 1. The largest absolute Gasteiger partial charge is 0.491 e. The van der Waals surface area contributed by atoms with Crippen molar-refractivity contribution < 1.29 is 14.6 Å². The molecule has 1 fully saturated rings. The SMILES string of the molecule is Cl.O=C(NCC(O)COc1ccc(I)cc1)C1CCNC1. The second-order valence-corrected chi connectivity index (χ2v) is 6.10. The van der Waals surface area contributed by atoms with Crippen LogP contribution in [0, 0.1) is 9.49 Å². The summed E-state index contributed by atoms with van der Waals surface area (Å²) in [6.45, 7) is 2.00. The van der Waals surface area contributed by atoms with Crippen LogP contribution < -0.4 is 15.4 Å². The molecule has 2 rings (SSSR count). The molecule has 2 atom stereocenters. The Morgan fingerprint density at radius 1 is 1.48 bits per heavy atom. The first-order valence-electron chi connectivity index (χ1n) is 6.70. The van der Waals surface area contributed by atoms with Gasteiger partial charge in [0.1, 0.15) is 18.5 Å². The number of aliphatic hydroxyl groups excluding tert-OH is 1. The summed E-state index contributed by atoms with van der Waals surface area (Å²) < 4.78 is 6.60. The number of halogens is 2. The molecule has 1 aliphatic heterocycles. The Morgan fingerprint density at radius 3 is 2.81 bits per heavy atom. The number of aliphatic hydroxyl groups is 1. The normalized spacial score (nSPS) is 18.7. The van der Waals surface area contributed by atoms with Gasteiger partial charge in [-0.2, -0.15) is 0 Å². The number of amides is 1. The summed E-state index contributed by atoms with van der Waals surface area (Å²) in [6, 6.07) is 7.60. The van der Waals surface area contributed by atoms with Crippen LogP contribution in [0.1, 0.15) is 6.42 Å². The Morgan fingerprint density at radius 2 is 2.19 bits per heavy atom. The van der Waals surface area contributed by atoms with Gasteiger partial charge in [0, 0.05) is 16.7 Å². The van der Waals surface area contributed by atoms with Gasteiger partial charge in [0.15, 0.2) is 0 Å². The van der Waals surface area contributed by atoms with Gasteiger partial charge >= 0.3 is 0 Å². The summed E-state index contributed by atoms with van der Waals surface area (Å²) >= 11 is 2.22. The standard InChI is InChI=1S/C14H19IN2O3.ClH/c15-11-1-3-13(4-2-11)20-9-12(18)8-17-14(19)10-5-6-16-7-10;/h1-4,10,12,16,18H,5-9H2,(H,17,19);1H. The Bertz CT molecular complexity index is 438. The van der Waals surface area contributed by atoms with Crippen molar-refractivity contribution in [3.05, 3.63) is 27.8 Å². The Hall–Kier alpha value is -0.570. The Kier molecular flexibility index (Phi) is 8.31. The summed E-state index contributed by atoms with van der Waals surface area (Å²) in [5, 5.41) is 15.7. The molecule has 1 aliphatic rings. The lowest BCUT2D eigenvalue weighted by Gasteiger charge is -2.15. The van der Waals surface area contributed by atoms with Gasteiger partial charge in [-0.05, 0) is 59.8 Å². The van der Waals surface area contributed by atoms with E-state index in [9.17, 15) is 9.90 Å². The van der Waals surface area contributed by atoms with Crippen molar-refractivity contribution in [2.75, 3.05) is 26.2 Å². The molecular weight excluding hydrogens is 407 g/mol. The number of rotatable bonds is 6. The van der Waals surface area contributed by atoms with E-state index in [0.717, 1.165) is 28.8 Å². The van der Waals surface area contributed by atoms with Crippen LogP contribution in [-0.4, -0.2) is 43.4 Å². The molecule has 21 heavy (non-hydrogen) atoms. The number of ether oxygens (including phenoxy) is 1. The van der Waals surface area contributed by atoms with Gasteiger partial charge in [-0.3, -0.25) is 4.79 Å². The average Bonchev–Trinajstić information content (AvgIpc) is 2.98. The lowest BCUT2D eigenvalue weighted by atomic mass is 10.1. The zero-order chi connectivity index (χ0) is 14.4. The zero-order valence-electron chi connectivity index (χ0n) is 11.5. The predicted octanol–water partition coefficient (Wildman–Crippen LogP) is 1.18. The number of hydrogen-bond acceptors (Lipinski definition) is 4. The van der Waals surface area contributed by atoms with E-state index in [2.05, 4.69) is 33.2 Å². The van der Waals surface area contributed by atoms with Crippen LogP contribution in [0.25, 0.3) is 0 Å². The fraction of sp³-hybridized carbons (Fsp3) is 0.500. The van der Waals surface area contributed by atoms with Gasteiger partial charge in [-0.1, -0.05) is 0 Å². The van der Waals surface area contributed by atoms with E-state index >= 15 is 0 Å². The first kappa shape index (κ1) is 18.5. The highest BCUT2D eigenvalue weighted by atomic mass is 127. The monoisotopic (exact) mass is 426 g/mol. The third-order valence-corrected chi connectivity index (χ3v) is 3.92. The van der Waals surface area contributed by atoms with E-state index < -0.39 is 6.10 Å². The average molecular weight is 427 g/mol. The minimum absolute atomic E-state index is 0. The highest BCUT2D eigenvalue weighted by Crippen LogP contribution is 2.13. The van der Waals surface area contributed by atoms with Crippen LogP contribution in [0.2, 0.25) is 0 Å². The molecule has 0 radical (unpaired) electrons. The summed E-state index contributed by atoms with van der Waals surface area (Å²) in [5.41, 5.74) is 0. The highest BCUT2D eigenvalue weighted by Gasteiger charge is 2.22. The van der Waals surface area contributed by atoms with Crippen molar-refractivity contribution in [2.45, 2.75) is 12.5 Å². The van der Waals surface area contributed by atoms with Crippen LogP contribution in [0.4, 0.5) is 0 Å². The number of carbonyl (C=O) groups is 1. The molecule has 0 bridgehead atoms. The molecule has 3 N–H and O–H groups in total. The third kappa shape index (κ3) is 6.37. The first-order chi connectivity index (χ1) is 9.65. The van der Waals surface area contributed by atoms with E-state index in [-0.39, 0.29) is 37.4 Å². The first-order valence-corrected chi connectivity index (χ1v) is 7.78. The molecule has 0 saturated carbocycles. The quantitative estimate of drug-likeness (QED) is 0.598. The third-order valence-electron chi connectivity index (χ3n) is 3.20. The fourth-order valence-corrected chi connectivity index (χ4v) is 2.38. The van der Waals surface area contributed by atoms with E-state index in [1.165, 1.54) is 0 Å². The van der Waals surface area contributed by atoms with E-state index in [0.29, 0.717) is 0 Å². The van der Waals surface area contributed by atoms with Crippen LogP contribution in [-0.2, 0) is 4.79 Å². The summed E-state index contributed by atoms with van der Waals surface area (Å²) in [7, 11) is 0. The van der Waals surface area contributed by atoms with E-state index in [1.54, 1.807) is 0 Å². The topological polar surface area (TPSA) is 70.6 Å². The van der Waals surface area contributed by atoms with Crippen molar-refractivity contribution in [3.8, 4) is 5.75 Å². The van der Waals surface area contributed by atoms with E-state index in [4.69, 9.17) is 4.74 Å². The molecule has 1 amide bonds. The molecule has 7 heteroatoms. The Labute approximate surface area is 144 Å². The summed E-state index contributed by atoms with van der Waals surface area (Å²) in [5.74, 6) is 0.749. The molecule has 1 aromatic rings. The molecule has 0 aromatic heterocycles. The molecule has 1 saturated heterocycles. The van der Waals surface area contributed by atoms with Crippen LogP contribution in [0.3, 0.4) is 0 Å². The van der Waals surface area contributed by atoms with Crippen LogP contribution in [0.15, 0.2) is 24.3 Å². The molecule has 0 aliphatic carbocycles. The van der Waals surface area contributed by atoms with Crippen molar-refractivity contribution in [3.63, 3.8) is 0 Å². The number of hydrogen-bond donors (Lipinski definition) is 3. The minimum atomic E-state index is -0.701. The minimum Gasteiger partial charge on any atom is -0.491 e. The second-order valence-electron chi connectivity index (χ2n) is 4.85. The zero-order valence-corrected chi connectivity index (χ0v) is 14.5. The number of carbonyl (C=O) groups excluding carboxylic acids is 1. The lowest BCUT2D eigenvalue weighted by Crippen LogP contribution is -2.39. The van der Waals surface area contributed by atoms with Gasteiger partial charge < -0.3 is 20.5 Å². The van der Waals surface area contributed by atoms with Crippen molar-refractivity contribution in [1.29, 1.82) is 0 Å². The maximum Gasteiger partial charge on any atom is 0.224 e. The predicted molar refractivity (Wildman–Crippen MR) is 91.9 cm³/mol. The van der Waals surface area contributed by atoms with Gasteiger partial charge in [0.05, 0.1) is 5.92 Å². The molecular formula is C14H20ClIN2O3. The fourth-order valence-electron chi connectivity index (χ4n) is 2.02. The van der Waals surface area contributed by atoms with Crippen LogP contribution >= 0.6 is 35.0 Å². The van der Waals surface area contributed by atoms with Gasteiger partial charge in [0.25, 0.3) is 0 Å². The molecule has 118 valence electrons. The van der Waals surface area contributed by atoms with E-state index in [1.807, 2.05) is 24.3 Å². The maximum atomic E-state index is 11.8. The second kappa shape index (κ2) is 9.45. The molecule has 2 unspecified atom stereocenters. The molecule has 0 spiro atoms. The van der Waals surface area contributed by atoms with Crippen LogP contribution in [0.5, 0.6) is 5.75 Å². The van der Waals surface area contributed by atoms with Gasteiger partial charge in [-0.25, -0.2) is 0 Å². The molecule has 5 nitrogen and oxygen atoms in total. The molecule has 1 aromatic carbocycles. The maximum absolute atomic E-state index is 11.8. The Balaban J connectivity index is 0.00000220. The summed E-state index contributed by atoms with van der Waals surface area (Å²) in [4.78, 5) is 11.8. The highest BCUT2D eigenvalue weighted by molar-refractivity contribution is 14.1.